The number of anilines is 1. The average Bonchev–Trinajstić information content (AvgIpc) is 3.28. The maximum atomic E-state index is 10.3. The summed E-state index contributed by atoms with van der Waals surface area (Å²) in [6, 6.07) is 0.151. The molecule has 4 N–H and O–H groups in total. The van der Waals surface area contributed by atoms with Gasteiger partial charge < -0.3 is 25.4 Å². The molecule has 9 heteroatoms. The Morgan fingerprint density at radius 2 is 2.04 bits per heavy atom. The molecule has 1 aliphatic carbocycles. The molecule has 136 valence electrons. The highest BCUT2D eigenvalue weighted by Crippen LogP contribution is 2.33. The lowest BCUT2D eigenvalue weighted by Gasteiger charge is -2.17. The van der Waals surface area contributed by atoms with Gasteiger partial charge in [-0.05, 0) is 25.7 Å². The second-order valence-electron chi connectivity index (χ2n) is 6.81. The topological polar surface area (TPSA) is 126 Å². The number of imidazole rings is 1. The van der Waals surface area contributed by atoms with Gasteiger partial charge in [0.2, 0.25) is 0 Å². The number of fused-ring (bicyclic) bond motifs is 1. The van der Waals surface area contributed by atoms with E-state index in [1.165, 1.54) is 6.33 Å². The Morgan fingerprint density at radius 3 is 2.72 bits per heavy atom. The smallest absolute Gasteiger partial charge is 0.167 e. The summed E-state index contributed by atoms with van der Waals surface area (Å²) in [6.45, 7) is 1.90. The Labute approximate surface area is 144 Å². The summed E-state index contributed by atoms with van der Waals surface area (Å²) in [7, 11) is 0. The summed E-state index contributed by atoms with van der Waals surface area (Å²) < 4.78 is 7.42. The molecule has 25 heavy (non-hydrogen) atoms. The molecule has 2 aromatic heterocycles. The molecule has 0 spiro atoms. The van der Waals surface area contributed by atoms with Gasteiger partial charge in [0.15, 0.2) is 23.2 Å². The Balaban J connectivity index is 1.63. The van der Waals surface area contributed by atoms with E-state index in [0.717, 1.165) is 12.8 Å². The van der Waals surface area contributed by atoms with Crippen molar-refractivity contribution < 1.29 is 20.1 Å². The summed E-state index contributed by atoms with van der Waals surface area (Å²) in [6.07, 6.45) is 2.51. The monoisotopic (exact) mass is 349 g/mol. The summed E-state index contributed by atoms with van der Waals surface area (Å²) in [5.74, 6) is 0.600. The number of ether oxygens (including phenoxy) is 1. The number of rotatable bonds is 4. The zero-order chi connectivity index (χ0) is 17.6. The Bertz CT molecular complexity index is 753. The lowest BCUT2D eigenvalue weighted by molar-refractivity contribution is -0.0355. The fraction of sp³-hybridized carbons (Fsp3) is 0.688. The van der Waals surface area contributed by atoms with Crippen LogP contribution in [0.2, 0.25) is 0 Å². The van der Waals surface area contributed by atoms with E-state index in [1.807, 2.05) is 6.92 Å². The minimum atomic E-state index is -1.04. The number of aliphatic hydroxyl groups excluding tert-OH is 3. The quantitative estimate of drug-likeness (QED) is 0.616. The first-order chi connectivity index (χ1) is 12.1. The third-order valence-electron chi connectivity index (χ3n) is 5.12. The predicted molar refractivity (Wildman–Crippen MR) is 88.8 cm³/mol. The standard InChI is InChI=1S/C16H23N5O4/c1-2-10-12(23)13(24)16(25-10)21-7-19-11-14(17-6-18-15(11)21)20-8-3-4-9(22)5-8/h6-10,12-13,16,22-24H,2-5H2,1H3,(H,17,18,20). The van der Waals surface area contributed by atoms with E-state index >= 15 is 0 Å². The van der Waals surface area contributed by atoms with Gasteiger partial charge in [-0.15, -0.1) is 0 Å². The van der Waals surface area contributed by atoms with Crippen LogP contribution in [0.1, 0.15) is 38.8 Å². The highest BCUT2D eigenvalue weighted by Gasteiger charge is 2.43. The first kappa shape index (κ1) is 16.6. The highest BCUT2D eigenvalue weighted by atomic mass is 16.6. The molecular formula is C16H23N5O4. The molecule has 4 rings (SSSR count). The van der Waals surface area contributed by atoms with Gasteiger partial charge in [0.05, 0.1) is 18.5 Å². The van der Waals surface area contributed by atoms with Crippen molar-refractivity contribution in [3.63, 3.8) is 0 Å². The number of aromatic nitrogens is 4. The van der Waals surface area contributed by atoms with Crippen LogP contribution in [0.4, 0.5) is 5.82 Å². The maximum Gasteiger partial charge on any atom is 0.167 e. The van der Waals surface area contributed by atoms with Crippen LogP contribution >= 0.6 is 0 Å². The van der Waals surface area contributed by atoms with Crippen molar-refractivity contribution in [1.29, 1.82) is 0 Å². The summed E-state index contributed by atoms with van der Waals surface area (Å²) in [5, 5.41) is 33.4. The summed E-state index contributed by atoms with van der Waals surface area (Å²) >= 11 is 0. The zero-order valence-electron chi connectivity index (χ0n) is 14.0. The number of aliphatic hydroxyl groups is 3. The van der Waals surface area contributed by atoms with E-state index in [9.17, 15) is 15.3 Å². The van der Waals surface area contributed by atoms with Crippen molar-refractivity contribution in [1.82, 2.24) is 19.5 Å². The van der Waals surface area contributed by atoms with Gasteiger partial charge in [-0.3, -0.25) is 4.57 Å². The van der Waals surface area contributed by atoms with Crippen molar-refractivity contribution >= 4 is 17.0 Å². The Hall–Kier alpha value is -1.81. The van der Waals surface area contributed by atoms with Gasteiger partial charge >= 0.3 is 0 Å². The van der Waals surface area contributed by atoms with E-state index in [2.05, 4.69) is 20.3 Å². The van der Waals surface area contributed by atoms with Crippen LogP contribution in [-0.4, -0.2) is 65.3 Å². The molecule has 9 nitrogen and oxygen atoms in total. The molecule has 0 bridgehead atoms. The molecule has 1 saturated heterocycles. The average molecular weight is 349 g/mol. The second-order valence-corrected chi connectivity index (χ2v) is 6.81. The Morgan fingerprint density at radius 1 is 1.20 bits per heavy atom. The third kappa shape index (κ3) is 2.86. The summed E-state index contributed by atoms with van der Waals surface area (Å²) in [5.41, 5.74) is 1.11. The number of nitrogens with one attached hydrogen (secondary N) is 1. The fourth-order valence-corrected chi connectivity index (χ4v) is 3.72. The maximum absolute atomic E-state index is 10.3. The van der Waals surface area contributed by atoms with Crippen molar-refractivity contribution in [2.24, 2.45) is 0 Å². The second kappa shape index (κ2) is 6.49. The molecular weight excluding hydrogens is 326 g/mol. The van der Waals surface area contributed by atoms with Gasteiger partial charge in [0.1, 0.15) is 18.5 Å². The van der Waals surface area contributed by atoms with E-state index in [0.29, 0.717) is 29.8 Å². The Kier molecular flexibility index (Phi) is 4.32. The van der Waals surface area contributed by atoms with Crippen molar-refractivity contribution in [2.45, 2.75) is 69.3 Å². The van der Waals surface area contributed by atoms with Crippen LogP contribution < -0.4 is 5.32 Å². The molecule has 6 atom stereocenters. The van der Waals surface area contributed by atoms with Crippen molar-refractivity contribution in [3.8, 4) is 0 Å². The first-order valence-corrected chi connectivity index (χ1v) is 8.72. The van der Waals surface area contributed by atoms with Crippen LogP contribution in [0.5, 0.6) is 0 Å². The number of nitrogens with zero attached hydrogens (tertiary/aromatic N) is 4. The van der Waals surface area contributed by atoms with E-state index < -0.39 is 24.5 Å². The minimum absolute atomic E-state index is 0.151. The molecule has 1 aliphatic heterocycles. The highest BCUT2D eigenvalue weighted by molar-refractivity contribution is 5.82. The van der Waals surface area contributed by atoms with Crippen molar-refractivity contribution in [2.75, 3.05) is 5.32 Å². The van der Waals surface area contributed by atoms with Crippen LogP contribution in [0.3, 0.4) is 0 Å². The van der Waals surface area contributed by atoms with Gasteiger partial charge in [-0.25, -0.2) is 15.0 Å². The number of hydrogen-bond donors (Lipinski definition) is 4. The molecule has 2 fully saturated rings. The van der Waals surface area contributed by atoms with Gasteiger partial charge in [-0.1, -0.05) is 6.92 Å². The van der Waals surface area contributed by atoms with Gasteiger partial charge in [-0.2, -0.15) is 0 Å². The van der Waals surface area contributed by atoms with E-state index in [1.54, 1.807) is 10.9 Å². The van der Waals surface area contributed by atoms with Crippen LogP contribution in [0, 0.1) is 0 Å². The van der Waals surface area contributed by atoms with E-state index in [-0.39, 0.29) is 12.1 Å². The SMILES string of the molecule is CCC1OC(n2cnc3c(NC4CCC(O)C4)ncnc32)C(O)C1O. The molecule has 3 heterocycles. The minimum Gasteiger partial charge on any atom is -0.393 e. The van der Waals surface area contributed by atoms with Crippen LogP contribution in [0.25, 0.3) is 11.2 Å². The zero-order valence-corrected chi connectivity index (χ0v) is 14.0. The normalized spacial score (nSPS) is 35.5. The lowest BCUT2D eigenvalue weighted by atomic mass is 10.1. The number of hydrogen-bond acceptors (Lipinski definition) is 8. The van der Waals surface area contributed by atoms with Gasteiger partial charge in [0.25, 0.3) is 0 Å². The molecule has 2 aromatic rings. The molecule has 6 unspecified atom stereocenters. The fourth-order valence-electron chi connectivity index (χ4n) is 3.72. The van der Waals surface area contributed by atoms with Crippen molar-refractivity contribution in [3.05, 3.63) is 12.7 Å². The molecule has 2 aliphatic rings. The lowest BCUT2D eigenvalue weighted by Crippen LogP contribution is -2.31. The van der Waals surface area contributed by atoms with E-state index in [4.69, 9.17) is 4.74 Å². The largest absolute Gasteiger partial charge is 0.393 e. The first-order valence-electron chi connectivity index (χ1n) is 8.72. The van der Waals surface area contributed by atoms with Crippen LogP contribution in [-0.2, 0) is 4.74 Å². The summed E-state index contributed by atoms with van der Waals surface area (Å²) in [4.78, 5) is 12.9. The molecule has 0 radical (unpaired) electrons. The molecule has 0 amide bonds. The molecule has 0 aromatic carbocycles. The molecule has 1 saturated carbocycles. The predicted octanol–water partition coefficient (Wildman–Crippen LogP) is 0.181. The van der Waals surface area contributed by atoms with Gasteiger partial charge in [0, 0.05) is 6.04 Å². The van der Waals surface area contributed by atoms with Crippen LogP contribution in [0.15, 0.2) is 12.7 Å². The third-order valence-corrected chi connectivity index (χ3v) is 5.12.